The van der Waals surface area contributed by atoms with E-state index in [0.29, 0.717) is 11.7 Å². The molecule has 0 spiro atoms. The quantitative estimate of drug-likeness (QED) is 0.480. The van der Waals surface area contributed by atoms with E-state index in [9.17, 15) is 13.2 Å². The first-order valence-electron chi connectivity index (χ1n) is 11.6. The van der Waals surface area contributed by atoms with Crippen molar-refractivity contribution in [3.63, 3.8) is 0 Å². The fourth-order valence-electron chi connectivity index (χ4n) is 4.64. The van der Waals surface area contributed by atoms with Crippen LogP contribution in [-0.2, 0) is 16.4 Å². The number of hydrogen-bond acceptors (Lipinski definition) is 5. The van der Waals surface area contributed by atoms with Crippen LogP contribution in [0.5, 0.6) is 0 Å². The topological polar surface area (TPSA) is 79.4 Å². The van der Waals surface area contributed by atoms with E-state index < -0.39 is 10.0 Å². The van der Waals surface area contributed by atoms with E-state index in [1.807, 2.05) is 79.4 Å². The molecule has 0 radical (unpaired) electrons. The molecule has 1 atom stereocenters. The molecule has 6 nitrogen and oxygen atoms in total. The average molecular weight is 506 g/mol. The van der Waals surface area contributed by atoms with Gasteiger partial charge in [0.1, 0.15) is 0 Å². The van der Waals surface area contributed by atoms with Gasteiger partial charge in [0.15, 0.2) is 5.13 Å². The molecule has 0 saturated carbocycles. The Hall–Kier alpha value is -3.23. The number of aryl methyl sites for hydroxylation is 2. The van der Waals surface area contributed by atoms with Crippen LogP contribution in [0.2, 0.25) is 0 Å². The van der Waals surface area contributed by atoms with Crippen LogP contribution in [0.1, 0.15) is 32.8 Å². The minimum absolute atomic E-state index is 0.0134. The summed E-state index contributed by atoms with van der Waals surface area (Å²) in [5, 5.41) is 0.379. The van der Waals surface area contributed by atoms with Gasteiger partial charge in [0.05, 0.1) is 11.4 Å². The fraction of sp³-hybridized carbons (Fsp3) is 0.259. The van der Waals surface area contributed by atoms with E-state index in [4.69, 9.17) is 0 Å². The molecule has 1 amide bonds. The first kappa shape index (κ1) is 23.5. The summed E-state index contributed by atoms with van der Waals surface area (Å²) in [6.07, 6.45) is 9.22. The van der Waals surface area contributed by atoms with Crippen LogP contribution in [0.25, 0.3) is 11.3 Å². The molecule has 180 valence electrons. The highest BCUT2D eigenvalue weighted by Crippen LogP contribution is 2.36. The van der Waals surface area contributed by atoms with Gasteiger partial charge >= 0.3 is 0 Å². The number of allylic oxidation sites excluding steroid dienone is 4. The summed E-state index contributed by atoms with van der Waals surface area (Å²) in [5.41, 5.74) is 5.39. The Kier molecular flexibility index (Phi) is 6.34. The van der Waals surface area contributed by atoms with E-state index in [1.165, 1.54) is 11.3 Å². The highest BCUT2D eigenvalue weighted by Gasteiger charge is 2.27. The molecule has 0 bridgehead atoms. The normalized spacial score (nSPS) is 17.0. The number of thiazole rings is 1. The number of anilines is 2. The van der Waals surface area contributed by atoms with Crippen LogP contribution in [0.4, 0.5) is 10.8 Å². The Morgan fingerprint density at radius 3 is 2.77 bits per heavy atom. The summed E-state index contributed by atoms with van der Waals surface area (Å²) in [4.78, 5) is 20.5. The van der Waals surface area contributed by atoms with Crippen LogP contribution in [-0.4, -0.2) is 31.6 Å². The summed E-state index contributed by atoms with van der Waals surface area (Å²) < 4.78 is 28.0. The maximum Gasteiger partial charge on any atom is 0.258 e. The van der Waals surface area contributed by atoms with Crippen molar-refractivity contribution in [2.45, 2.75) is 26.7 Å². The van der Waals surface area contributed by atoms with Crippen LogP contribution >= 0.6 is 11.3 Å². The second-order valence-electron chi connectivity index (χ2n) is 8.98. The molecule has 5 rings (SSSR count). The van der Waals surface area contributed by atoms with Crippen molar-refractivity contribution in [3.05, 3.63) is 88.3 Å². The second-order valence-corrected chi connectivity index (χ2v) is 12.0. The van der Waals surface area contributed by atoms with Crippen LogP contribution < -0.4 is 9.62 Å². The van der Waals surface area contributed by atoms with Gasteiger partial charge in [-0.25, -0.2) is 13.4 Å². The zero-order valence-corrected chi connectivity index (χ0v) is 21.3. The number of nitrogens with one attached hydrogen (secondary N) is 1. The lowest BCUT2D eigenvalue weighted by molar-refractivity contribution is 0.0989. The number of fused-ring (bicyclic) bond motifs is 1. The molecule has 8 heteroatoms. The molecule has 0 saturated heterocycles. The maximum atomic E-state index is 13.2. The van der Waals surface area contributed by atoms with E-state index in [2.05, 4.69) is 15.8 Å². The zero-order valence-electron chi connectivity index (χ0n) is 19.7. The molecule has 3 aromatic rings. The Morgan fingerprint density at radius 1 is 1.17 bits per heavy atom. The van der Waals surface area contributed by atoms with Gasteiger partial charge in [-0.05, 0) is 61.9 Å². The third kappa shape index (κ3) is 4.94. The molecule has 1 aliphatic carbocycles. The first-order valence-corrected chi connectivity index (χ1v) is 14.1. The molecule has 2 heterocycles. The van der Waals surface area contributed by atoms with Gasteiger partial charge in [0.2, 0.25) is 10.0 Å². The van der Waals surface area contributed by atoms with Gasteiger partial charge < -0.3 is 4.90 Å². The van der Waals surface area contributed by atoms with Crippen molar-refractivity contribution in [2.75, 3.05) is 21.9 Å². The monoisotopic (exact) mass is 505 g/mol. The summed E-state index contributed by atoms with van der Waals surface area (Å²) >= 11 is 1.34. The number of carbonyl (C=O) groups excluding carboxylic acids is 1. The lowest BCUT2D eigenvalue weighted by Crippen LogP contribution is -2.29. The Labute approximate surface area is 210 Å². The zero-order chi connectivity index (χ0) is 24.6. The lowest BCUT2D eigenvalue weighted by Gasteiger charge is -2.18. The van der Waals surface area contributed by atoms with Gasteiger partial charge in [-0.15, -0.1) is 11.3 Å². The maximum absolute atomic E-state index is 13.2. The van der Waals surface area contributed by atoms with Gasteiger partial charge in [0.25, 0.3) is 5.91 Å². The smallest absolute Gasteiger partial charge is 0.258 e. The molecule has 35 heavy (non-hydrogen) atoms. The van der Waals surface area contributed by atoms with Gasteiger partial charge in [0, 0.05) is 28.2 Å². The van der Waals surface area contributed by atoms with Gasteiger partial charge in [-0.2, -0.15) is 0 Å². The van der Waals surface area contributed by atoms with Crippen molar-refractivity contribution in [2.24, 2.45) is 5.92 Å². The number of carbonyl (C=O) groups is 1. The van der Waals surface area contributed by atoms with Crippen molar-refractivity contribution >= 4 is 38.1 Å². The number of nitrogens with zero attached hydrogens (tertiary/aromatic N) is 2. The minimum atomic E-state index is -3.51. The lowest BCUT2D eigenvalue weighted by atomic mass is 10.0. The summed E-state index contributed by atoms with van der Waals surface area (Å²) in [6.45, 7) is 4.53. The second kappa shape index (κ2) is 9.43. The van der Waals surface area contributed by atoms with Crippen molar-refractivity contribution in [1.82, 2.24) is 4.98 Å². The molecule has 2 aromatic carbocycles. The van der Waals surface area contributed by atoms with Crippen molar-refractivity contribution < 1.29 is 13.2 Å². The summed E-state index contributed by atoms with van der Waals surface area (Å²) in [7, 11) is -3.51. The SMILES string of the molecule is Cc1ccccc1C(=O)N1CCc2cc(-c3nc(NS(=O)(=O)CC4C=CC=CC4)sc3C)ccc21. The average Bonchev–Trinajstić information content (AvgIpc) is 3.41. The first-order chi connectivity index (χ1) is 16.8. The number of sulfonamides is 1. The molecular weight excluding hydrogens is 478 g/mol. The number of rotatable bonds is 6. The Balaban J connectivity index is 1.35. The Morgan fingerprint density at radius 2 is 2.00 bits per heavy atom. The number of amides is 1. The van der Waals surface area contributed by atoms with Crippen molar-refractivity contribution in [3.8, 4) is 11.3 Å². The molecule has 1 aromatic heterocycles. The number of hydrogen-bond donors (Lipinski definition) is 1. The van der Waals surface area contributed by atoms with E-state index in [1.54, 1.807) is 0 Å². The number of benzene rings is 2. The van der Waals surface area contributed by atoms with E-state index >= 15 is 0 Å². The third-order valence-corrected chi connectivity index (χ3v) is 8.80. The minimum Gasteiger partial charge on any atom is -0.308 e. The molecular formula is C27H27N3O3S2. The summed E-state index contributed by atoms with van der Waals surface area (Å²) in [6, 6.07) is 13.6. The predicted octanol–water partition coefficient (Wildman–Crippen LogP) is 5.50. The van der Waals surface area contributed by atoms with Crippen LogP contribution in [0.3, 0.4) is 0 Å². The predicted molar refractivity (Wildman–Crippen MR) is 143 cm³/mol. The highest BCUT2D eigenvalue weighted by atomic mass is 32.2. The largest absolute Gasteiger partial charge is 0.308 e. The molecule has 1 N–H and O–H groups in total. The van der Waals surface area contributed by atoms with Crippen LogP contribution in [0.15, 0.2) is 66.8 Å². The summed E-state index contributed by atoms with van der Waals surface area (Å²) in [5.74, 6) is 0.0188. The molecule has 1 aliphatic heterocycles. The van der Waals surface area contributed by atoms with Gasteiger partial charge in [-0.3, -0.25) is 9.52 Å². The van der Waals surface area contributed by atoms with E-state index in [-0.39, 0.29) is 17.6 Å². The fourth-order valence-corrected chi connectivity index (χ4v) is 7.08. The third-order valence-electron chi connectivity index (χ3n) is 6.41. The van der Waals surface area contributed by atoms with E-state index in [0.717, 1.165) is 51.4 Å². The van der Waals surface area contributed by atoms with Crippen LogP contribution in [0, 0.1) is 19.8 Å². The highest BCUT2D eigenvalue weighted by molar-refractivity contribution is 7.92. The van der Waals surface area contributed by atoms with Crippen molar-refractivity contribution in [1.29, 1.82) is 0 Å². The molecule has 2 aliphatic rings. The molecule has 0 fully saturated rings. The molecule has 1 unspecified atom stereocenters. The van der Waals surface area contributed by atoms with Gasteiger partial charge in [-0.1, -0.05) is 48.6 Å². The standard InChI is InChI=1S/C27H27N3O3S2/c1-18-8-6-7-11-23(18)26(31)30-15-14-21-16-22(12-13-24(21)30)25-19(2)34-27(28-25)29-35(32,33)17-20-9-4-3-5-10-20/h3-9,11-13,16,20H,10,14-15,17H2,1-2H3,(H,28,29). The Bertz CT molecular complexity index is 1450. The number of aromatic nitrogens is 1.